The number of ether oxygens (including phenoxy) is 2. The fourth-order valence-electron chi connectivity index (χ4n) is 4.80. The lowest BCUT2D eigenvalue weighted by molar-refractivity contribution is -0.143. The Balaban J connectivity index is 1.73. The van der Waals surface area contributed by atoms with Crippen LogP contribution in [0.4, 0.5) is 0 Å². The third kappa shape index (κ3) is 2.92. The molecule has 3 fully saturated rings. The van der Waals surface area contributed by atoms with E-state index in [2.05, 4.69) is 20.8 Å². The van der Waals surface area contributed by atoms with E-state index in [9.17, 15) is 4.79 Å². The Hall–Kier alpha value is -0.410. The average Bonchev–Trinajstić information content (AvgIpc) is 2.86. The number of hydrogen-bond donors (Lipinski definition) is 0. The molecule has 0 aromatic rings. The summed E-state index contributed by atoms with van der Waals surface area (Å²) in [4.78, 5) is 12.6. The number of rotatable bonds is 2. The van der Waals surface area contributed by atoms with E-state index in [1.807, 2.05) is 0 Å². The van der Waals surface area contributed by atoms with E-state index >= 15 is 0 Å². The van der Waals surface area contributed by atoms with E-state index in [-0.39, 0.29) is 16.9 Å². The minimum Gasteiger partial charge on any atom is -0.378 e. The van der Waals surface area contributed by atoms with Gasteiger partial charge in [-0.25, -0.2) is 0 Å². The van der Waals surface area contributed by atoms with Crippen molar-refractivity contribution in [2.75, 3.05) is 19.8 Å². The van der Waals surface area contributed by atoms with Gasteiger partial charge in [-0.2, -0.15) is 0 Å². The third-order valence-corrected chi connectivity index (χ3v) is 6.40. The highest BCUT2D eigenvalue weighted by Crippen LogP contribution is 2.49. The zero-order valence-corrected chi connectivity index (χ0v) is 13.8. The van der Waals surface area contributed by atoms with E-state index in [0.717, 1.165) is 51.9 Å². The summed E-state index contributed by atoms with van der Waals surface area (Å²) in [5.74, 6) is 1.90. The van der Waals surface area contributed by atoms with E-state index in [4.69, 9.17) is 9.47 Å². The minimum absolute atomic E-state index is 0.0504. The maximum atomic E-state index is 12.6. The van der Waals surface area contributed by atoms with Crippen LogP contribution in [0, 0.1) is 23.2 Å². The van der Waals surface area contributed by atoms with E-state index in [0.29, 0.717) is 17.6 Å². The molecule has 0 aromatic carbocycles. The predicted octanol–water partition coefficient (Wildman–Crippen LogP) is 3.60. The molecule has 0 N–H and O–H groups in total. The molecule has 0 radical (unpaired) electrons. The summed E-state index contributed by atoms with van der Waals surface area (Å²) in [6, 6.07) is 0. The van der Waals surface area contributed by atoms with Gasteiger partial charge >= 0.3 is 0 Å². The molecule has 1 saturated carbocycles. The number of ketones is 1. The molecule has 4 atom stereocenters. The molecule has 21 heavy (non-hydrogen) atoms. The van der Waals surface area contributed by atoms with Crippen LogP contribution in [0.25, 0.3) is 0 Å². The molecule has 1 spiro atoms. The third-order valence-electron chi connectivity index (χ3n) is 6.40. The fourth-order valence-corrected chi connectivity index (χ4v) is 4.80. The van der Waals surface area contributed by atoms with Crippen molar-refractivity contribution in [3.8, 4) is 0 Å². The fraction of sp³-hybridized carbons (Fsp3) is 0.944. The maximum Gasteiger partial charge on any atom is 0.136 e. The molecule has 120 valence electrons. The first-order valence-electron chi connectivity index (χ1n) is 8.67. The van der Waals surface area contributed by atoms with Gasteiger partial charge < -0.3 is 9.47 Å². The highest BCUT2D eigenvalue weighted by molar-refractivity contribution is 5.82. The molecule has 0 aromatic heterocycles. The molecule has 4 unspecified atom stereocenters. The quantitative estimate of drug-likeness (QED) is 0.780. The summed E-state index contributed by atoms with van der Waals surface area (Å²) in [6.07, 6.45) is 6.25. The first-order chi connectivity index (χ1) is 9.93. The molecular weight excluding hydrogens is 264 g/mol. The lowest BCUT2D eigenvalue weighted by atomic mass is 9.59. The maximum absolute atomic E-state index is 12.6. The van der Waals surface area contributed by atoms with Gasteiger partial charge in [0, 0.05) is 32.0 Å². The molecule has 3 nitrogen and oxygen atoms in total. The van der Waals surface area contributed by atoms with E-state index in [1.54, 1.807) is 0 Å². The Bertz CT molecular complexity index is 395. The number of carbonyl (C=O) groups is 1. The molecule has 3 rings (SSSR count). The van der Waals surface area contributed by atoms with Crippen molar-refractivity contribution in [2.24, 2.45) is 23.2 Å². The predicted molar refractivity (Wildman–Crippen MR) is 82.1 cm³/mol. The first-order valence-corrected chi connectivity index (χ1v) is 8.67. The summed E-state index contributed by atoms with van der Waals surface area (Å²) in [6.45, 7) is 9.26. The summed E-state index contributed by atoms with van der Waals surface area (Å²) in [7, 11) is 0. The molecule has 2 saturated heterocycles. The van der Waals surface area contributed by atoms with Crippen molar-refractivity contribution in [3.63, 3.8) is 0 Å². The average molecular weight is 294 g/mol. The molecule has 2 aliphatic heterocycles. The molecule has 3 heteroatoms. The van der Waals surface area contributed by atoms with Crippen molar-refractivity contribution in [2.45, 2.75) is 64.9 Å². The number of carbonyl (C=O) groups excluding carboxylic acids is 1. The van der Waals surface area contributed by atoms with Gasteiger partial charge in [-0.1, -0.05) is 20.8 Å². The number of hydrogen-bond acceptors (Lipinski definition) is 3. The highest BCUT2D eigenvalue weighted by atomic mass is 16.6. The van der Waals surface area contributed by atoms with Crippen LogP contribution >= 0.6 is 0 Å². The summed E-state index contributed by atoms with van der Waals surface area (Å²) in [5.41, 5.74) is 0.0434. The minimum atomic E-state index is -0.0504. The summed E-state index contributed by atoms with van der Waals surface area (Å²) < 4.78 is 11.7. The first kappa shape index (κ1) is 15.5. The van der Waals surface area contributed by atoms with Crippen LogP contribution in [0.5, 0.6) is 0 Å². The lowest BCUT2D eigenvalue weighted by Gasteiger charge is -2.48. The van der Waals surface area contributed by atoms with Crippen molar-refractivity contribution in [1.82, 2.24) is 0 Å². The van der Waals surface area contributed by atoms with Crippen LogP contribution < -0.4 is 0 Å². The Morgan fingerprint density at radius 3 is 2.67 bits per heavy atom. The molecule has 0 bridgehead atoms. The van der Waals surface area contributed by atoms with E-state index in [1.165, 1.54) is 6.42 Å². The zero-order chi connectivity index (χ0) is 15.1. The topological polar surface area (TPSA) is 35.5 Å². The molecule has 2 heterocycles. The van der Waals surface area contributed by atoms with Gasteiger partial charge in [0.25, 0.3) is 0 Å². The second-order valence-corrected chi connectivity index (χ2v) is 8.25. The largest absolute Gasteiger partial charge is 0.378 e. The molecule has 3 aliphatic rings. The monoisotopic (exact) mass is 294 g/mol. The number of Topliss-reactive ketones (excluding diaryl/α,β-unsaturated/α-hetero) is 1. The van der Waals surface area contributed by atoms with Crippen molar-refractivity contribution >= 4 is 5.78 Å². The van der Waals surface area contributed by atoms with Gasteiger partial charge in [0.15, 0.2) is 0 Å². The van der Waals surface area contributed by atoms with E-state index < -0.39 is 0 Å². The van der Waals surface area contributed by atoms with Gasteiger partial charge in [0.05, 0.1) is 12.2 Å². The van der Waals surface area contributed by atoms with Crippen LogP contribution in [-0.4, -0.2) is 31.2 Å². The summed E-state index contributed by atoms with van der Waals surface area (Å²) >= 11 is 0. The normalized spacial score (nSPS) is 41.7. The smallest absolute Gasteiger partial charge is 0.136 e. The van der Waals surface area contributed by atoms with Gasteiger partial charge in [0.2, 0.25) is 0 Å². The van der Waals surface area contributed by atoms with Crippen LogP contribution in [0.2, 0.25) is 0 Å². The molecule has 1 aliphatic carbocycles. The second-order valence-electron chi connectivity index (χ2n) is 8.25. The van der Waals surface area contributed by atoms with Gasteiger partial charge in [0.1, 0.15) is 5.78 Å². The van der Waals surface area contributed by atoms with Crippen LogP contribution in [0.1, 0.15) is 59.3 Å². The Morgan fingerprint density at radius 1 is 1.19 bits per heavy atom. The second kappa shape index (κ2) is 5.66. The zero-order valence-electron chi connectivity index (χ0n) is 13.8. The van der Waals surface area contributed by atoms with Crippen molar-refractivity contribution in [3.05, 3.63) is 0 Å². The molecular formula is C18H30O3. The molecule has 0 amide bonds. The van der Waals surface area contributed by atoms with Crippen LogP contribution in [0.15, 0.2) is 0 Å². The Labute approximate surface area is 128 Å². The van der Waals surface area contributed by atoms with Crippen LogP contribution in [-0.2, 0) is 14.3 Å². The van der Waals surface area contributed by atoms with Gasteiger partial charge in [-0.15, -0.1) is 0 Å². The Kier molecular flexibility index (Phi) is 4.17. The van der Waals surface area contributed by atoms with Gasteiger partial charge in [-0.3, -0.25) is 4.79 Å². The standard InChI is InChI=1S/C18H30O3/c1-13-4-5-15(16(19)10-13)17(2,3)14-6-8-21-18(11-14)7-9-20-12-18/h13-15H,4-12H2,1-3H3. The highest BCUT2D eigenvalue weighted by Gasteiger charge is 2.49. The lowest BCUT2D eigenvalue weighted by Crippen LogP contribution is -2.48. The summed E-state index contributed by atoms with van der Waals surface area (Å²) in [5, 5.41) is 0. The van der Waals surface area contributed by atoms with Crippen molar-refractivity contribution < 1.29 is 14.3 Å². The SMILES string of the molecule is CC1CCC(C(C)(C)C2CCOC3(CCOC3)C2)C(=O)C1. The Morgan fingerprint density at radius 2 is 2.00 bits per heavy atom. The van der Waals surface area contributed by atoms with Crippen LogP contribution in [0.3, 0.4) is 0 Å². The van der Waals surface area contributed by atoms with Gasteiger partial charge in [-0.05, 0) is 42.9 Å². The van der Waals surface area contributed by atoms with Crippen molar-refractivity contribution in [1.29, 1.82) is 0 Å².